The van der Waals surface area contributed by atoms with Crippen LogP contribution in [0.4, 0.5) is 0 Å². The Morgan fingerprint density at radius 1 is 0.533 bits per heavy atom. The number of hydrogen-bond acceptors (Lipinski definition) is 5. The highest BCUT2D eigenvalue weighted by Crippen LogP contribution is 2.49. The lowest BCUT2D eigenvalue weighted by Crippen LogP contribution is -2.20. The lowest BCUT2D eigenvalue weighted by molar-refractivity contribution is 0.568. The molecular formula is C36H40Cl2O4S3. The first-order valence-electron chi connectivity index (χ1n) is 14.7. The van der Waals surface area contributed by atoms with Gasteiger partial charge in [-0.1, -0.05) is 125 Å². The molecule has 4 aromatic rings. The summed E-state index contributed by atoms with van der Waals surface area (Å²) >= 11 is 15.6. The third-order valence-corrected chi connectivity index (χ3v) is 14.4. The number of halogens is 2. The van der Waals surface area contributed by atoms with E-state index in [-0.39, 0.29) is 20.6 Å². The van der Waals surface area contributed by atoms with Gasteiger partial charge in [0.15, 0.2) is 19.7 Å². The van der Waals surface area contributed by atoms with Crippen LogP contribution in [-0.4, -0.2) is 16.8 Å². The monoisotopic (exact) mass is 702 g/mol. The number of benzene rings is 4. The normalized spacial score (nSPS) is 14.3. The zero-order chi connectivity index (χ0) is 33.5. The summed E-state index contributed by atoms with van der Waals surface area (Å²) in [5, 5.41) is -1.18. The fourth-order valence-corrected chi connectivity index (χ4v) is 10.4. The fraction of sp³-hybridized carbons (Fsp3) is 0.333. The van der Waals surface area contributed by atoms with Crippen molar-refractivity contribution >= 4 is 54.6 Å². The molecule has 4 rings (SSSR count). The Bertz CT molecular complexity index is 1770. The van der Waals surface area contributed by atoms with E-state index in [2.05, 4.69) is 0 Å². The van der Waals surface area contributed by atoms with Gasteiger partial charge in [-0.25, -0.2) is 16.8 Å². The summed E-state index contributed by atoms with van der Waals surface area (Å²) in [4.78, 5) is 1.71. The van der Waals surface area contributed by atoms with Crippen molar-refractivity contribution in [2.45, 2.75) is 96.3 Å². The minimum Gasteiger partial charge on any atom is -0.223 e. The van der Waals surface area contributed by atoms with Gasteiger partial charge >= 0.3 is 0 Å². The molecule has 0 aromatic heterocycles. The summed E-state index contributed by atoms with van der Waals surface area (Å²) in [5.41, 5.74) is 1.98. The Balaban J connectivity index is 1.89. The molecule has 0 bridgehead atoms. The molecule has 0 aliphatic rings. The minimum absolute atomic E-state index is 0.227. The van der Waals surface area contributed by atoms with Gasteiger partial charge in [0, 0.05) is 9.79 Å². The first kappa shape index (κ1) is 35.6. The molecule has 240 valence electrons. The number of sulfone groups is 2. The molecule has 0 saturated heterocycles. The van der Waals surface area contributed by atoms with E-state index in [1.807, 2.05) is 65.8 Å². The van der Waals surface area contributed by atoms with Gasteiger partial charge in [0.2, 0.25) is 0 Å². The second kappa shape index (κ2) is 13.1. The van der Waals surface area contributed by atoms with E-state index in [9.17, 15) is 16.8 Å². The summed E-state index contributed by atoms with van der Waals surface area (Å²) in [5.74, 6) is 0. The highest BCUT2D eigenvalue weighted by Gasteiger charge is 2.35. The van der Waals surface area contributed by atoms with Crippen LogP contribution in [0.5, 0.6) is 0 Å². The Hall–Kier alpha value is -2.29. The topological polar surface area (TPSA) is 68.3 Å². The first-order valence-corrected chi connectivity index (χ1v) is 19.4. The van der Waals surface area contributed by atoms with Crippen molar-refractivity contribution in [3.05, 3.63) is 117 Å². The molecule has 2 atom stereocenters. The Morgan fingerprint density at radius 3 is 1.13 bits per heavy atom. The van der Waals surface area contributed by atoms with E-state index < -0.39 is 30.2 Å². The standard InChI is InChI=1S/C36H40Cl2O4S3/c1-23(44(39,40)25-15-11-9-12-16-25)31-27(35(3,4)5)19-21-29(33(31)37)43-30-22-20-28(36(6,7)8)32(34(30)38)24(2)45(41,42)26-17-13-10-14-18-26/h9-24H,1-8H3. The predicted octanol–water partition coefficient (Wildman–Crippen LogP) is 10.8. The summed E-state index contributed by atoms with van der Waals surface area (Å²) in [6.45, 7) is 15.5. The maximum absolute atomic E-state index is 13.8. The van der Waals surface area contributed by atoms with Crippen molar-refractivity contribution in [3.8, 4) is 0 Å². The van der Waals surface area contributed by atoms with Crippen molar-refractivity contribution in [3.63, 3.8) is 0 Å². The van der Waals surface area contributed by atoms with Crippen molar-refractivity contribution < 1.29 is 16.8 Å². The molecular weight excluding hydrogens is 663 g/mol. The van der Waals surface area contributed by atoms with E-state index in [4.69, 9.17) is 23.2 Å². The van der Waals surface area contributed by atoms with Crippen LogP contribution < -0.4 is 0 Å². The quantitative estimate of drug-likeness (QED) is 0.183. The highest BCUT2D eigenvalue weighted by atomic mass is 35.5. The smallest absolute Gasteiger partial charge is 0.185 e. The SMILES string of the molecule is CC(c1c(C(C)(C)C)ccc(Sc2ccc(C(C)(C)C)c(C(C)S(=O)(=O)c3ccccc3)c2Cl)c1Cl)S(=O)(=O)c1ccccc1. The third kappa shape index (κ3) is 7.18. The van der Waals surface area contributed by atoms with Crippen molar-refractivity contribution in [2.75, 3.05) is 0 Å². The predicted molar refractivity (Wildman–Crippen MR) is 189 cm³/mol. The molecule has 0 fully saturated rings. The van der Waals surface area contributed by atoms with Crippen LogP contribution in [0.2, 0.25) is 10.0 Å². The summed E-state index contributed by atoms with van der Waals surface area (Å²) in [6.07, 6.45) is 0. The number of rotatable bonds is 8. The van der Waals surface area contributed by atoms with Crippen LogP contribution in [0.1, 0.15) is 88.1 Å². The lowest BCUT2D eigenvalue weighted by atomic mass is 9.83. The second-order valence-corrected chi connectivity index (χ2v) is 19.7. The summed E-state index contributed by atoms with van der Waals surface area (Å²) in [7, 11) is -7.53. The zero-order valence-electron chi connectivity index (χ0n) is 26.9. The van der Waals surface area contributed by atoms with Gasteiger partial charge in [-0.2, -0.15) is 0 Å². The van der Waals surface area contributed by atoms with Crippen molar-refractivity contribution in [2.24, 2.45) is 0 Å². The van der Waals surface area contributed by atoms with E-state index in [0.29, 0.717) is 31.0 Å². The van der Waals surface area contributed by atoms with Gasteiger partial charge in [0.25, 0.3) is 0 Å². The largest absolute Gasteiger partial charge is 0.223 e. The highest BCUT2D eigenvalue weighted by molar-refractivity contribution is 7.99. The Kier molecular flexibility index (Phi) is 10.3. The average Bonchev–Trinajstić information content (AvgIpc) is 2.97. The molecule has 4 aromatic carbocycles. The molecule has 9 heteroatoms. The third-order valence-electron chi connectivity index (χ3n) is 8.01. The molecule has 0 saturated carbocycles. The lowest BCUT2D eigenvalue weighted by Gasteiger charge is -2.29. The molecule has 2 unspecified atom stereocenters. The molecule has 45 heavy (non-hydrogen) atoms. The summed E-state index contributed by atoms with van der Waals surface area (Å²) in [6, 6.07) is 24.4. The molecule has 4 nitrogen and oxygen atoms in total. The van der Waals surface area contributed by atoms with E-state index in [0.717, 1.165) is 11.1 Å². The van der Waals surface area contributed by atoms with Crippen LogP contribution in [0.15, 0.2) is 105 Å². The second-order valence-electron chi connectivity index (χ2n) is 13.3. The maximum atomic E-state index is 13.8. The van der Waals surface area contributed by atoms with Gasteiger partial charge in [-0.3, -0.25) is 0 Å². The molecule has 0 amide bonds. The van der Waals surface area contributed by atoms with Gasteiger partial charge < -0.3 is 0 Å². The van der Waals surface area contributed by atoms with Crippen molar-refractivity contribution in [1.29, 1.82) is 0 Å². The molecule has 0 aliphatic heterocycles. The van der Waals surface area contributed by atoms with Gasteiger partial charge in [-0.15, -0.1) is 0 Å². The molecule has 0 N–H and O–H groups in total. The van der Waals surface area contributed by atoms with E-state index >= 15 is 0 Å². The van der Waals surface area contributed by atoms with Gasteiger partial charge in [0.05, 0.1) is 30.3 Å². The molecule has 0 aliphatic carbocycles. The Labute approximate surface area is 283 Å². The van der Waals surface area contributed by atoms with Gasteiger partial charge in [0.1, 0.15) is 0 Å². The fourth-order valence-electron chi connectivity index (χ4n) is 5.46. The molecule has 0 radical (unpaired) electrons. The van der Waals surface area contributed by atoms with E-state index in [1.165, 1.54) is 11.8 Å². The average molecular weight is 704 g/mol. The minimum atomic E-state index is -3.76. The molecule has 0 heterocycles. The number of hydrogen-bond donors (Lipinski definition) is 0. The van der Waals surface area contributed by atoms with Crippen LogP contribution in [0.3, 0.4) is 0 Å². The zero-order valence-corrected chi connectivity index (χ0v) is 30.8. The first-order chi connectivity index (χ1) is 20.8. The van der Waals surface area contributed by atoms with Crippen LogP contribution >= 0.6 is 35.0 Å². The van der Waals surface area contributed by atoms with Crippen molar-refractivity contribution in [1.82, 2.24) is 0 Å². The Morgan fingerprint density at radius 2 is 0.844 bits per heavy atom. The maximum Gasteiger partial charge on any atom is 0.185 e. The van der Waals surface area contributed by atoms with Gasteiger partial charge in [-0.05, 0) is 83.3 Å². The van der Waals surface area contributed by atoms with E-state index in [1.54, 1.807) is 74.5 Å². The molecule has 0 spiro atoms. The van der Waals surface area contributed by atoms with Crippen LogP contribution in [0.25, 0.3) is 0 Å². The summed E-state index contributed by atoms with van der Waals surface area (Å²) < 4.78 is 55.2. The van der Waals surface area contributed by atoms with Crippen LogP contribution in [-0.2, 0) is 30.5 Å². The van der Waals surface area contributed by atoms with Crippen LogP contribution in [0, 0.1) is 0 Å².